The number of fused-ring (bicyclic) bond motifs is 1. The van der Waals surface area contributed by atoms with Gasteiger partial charge in [-0.25, -0.2) is 0 Å². The SMILES string of the molecule is COc1ccc(Cl)c(NC2CCc3c(Br)cccc32)c1. The summed E-state index contributed by atoms with van der Waals surface area (Å²) >= 11 is 9.89. The van der Waals surface area contributed by atoms with Crippen molar-refractivity contribution in [3.05, 3.63) is 57.0 Å². The zero-order valence-corrected chi connectivity index (χ0v) is 13.5. The second-order valence-electron chi connectivity index (χ2n) is 4.89. The van der Waals surface area contributed by atoms with Gasteiger partial charge < -0.3 is 10.1 Å². The van der Waals surface area contributed by atoms with Crippen molar-refractivity contribution >= 4 is 33.2 Å². The Morgan fingerprint density at radius 1 is 1.30 bits per heavy atom. The quantitative estimate of drug-likeness (QED) is 0.818. The van der Waals surface area contributed by atoms with Crippen molar-refractivity contribution in [3.8, 4) is 5.75 Å². The largest absolute Gasteiger partial charge is 0.497 e. The fraction of sp³-hybridized carbons (Fsp3) is 0.250. The summed E-state index contributed by atoms with van der Waals surface area (Å²) < 4.78 is 6.45. The number of ether oxygens (including phenoxy) is 1. The predicted octanol–water partition coefficient (Wildman–Crippen LogP) is 5.21. The lowest BCUT2D eigenvalue weighted by molar-refractivity contribution is 0.415. The highest BCUT2D eigenvalue weighted by atomic mass is 79.9. The van der Waals surface area contributed by atoms with Crippen molar-refractivity contribution in [1.29, 1.82) is 0 Å². The smallest absolute Gasteiger partial charge is 0.121 e. The van der Waals surface area contributed by atoms with Crippen LogP contribution >= 0.6 is 27.5 Å². The maximum atomic E-state index is 6.26. The van der Waals surface area contributed by atoms with Crippen LogP contribution in [0.1, 0.15) is 23.6 Å². The minimum absolute atomic E-state index is 0.298. The van der Waals surface area contributed by atoms with E-state index in [1.54, 1.807) is 7.11 Å². The topological polar surface area (TPSA) is 21.3 Å². The highest BCUT2D eigenvalue weighted by molar-refractivity contribution is 9.10. The molecule has 0 saturated heterocycles. The molecular weight excluding hydrogens is 338 g/mol. The van der Waals surface area contributed by atoms with E-state index in [0.29, 0.717) is 11.1 Å². The summed E-state index contributed by atoms with van der Waals surface area (Å²) in [6.07, 6.45) is 2.15. The number of nitrogens with one attached hydrogen (secondary N) is 1. The molecule has 1 aliphatic rings. The van der Waals surface area contributed by atoms with Gasteiger partial charge in [-0.15, -0.1) is 0 Å². The zero-order valence-electron chi connectivity index (χ0n) is 11.1. The van der Waals surface area contributed by atoms with E-state index in [4.69, 9.17) is 16.3 Å². The molecule has 1 aliphatic carbocycles. The number of methoxy groups -OCH3 is 1. The van der Waals surface area contributed by atoms with Gasteiger partial charge in [0.2, 0.25) is 0 Å². The van der Waals surface area contributed by atoms with E-state index in [2.05, 4.69) is 39.4 Å². The first kappa shape index (κ1) is 13.8. The Balaban J connectivity index is 1.89. The van der Waals surface area contributed by atoms with Crippen molar-refractivity contribution in [2.24, 2.45) is 0 Å². The van der Waals surface area contributed by atoms with Crippen LogP contribution in [-0.4, -0.2) is 7.11 Å². The third-order valence-corrected chi connectivity index (χ3v) is 4.79. The maximum Gasteiger partial charge on any atom is 0.121 e. The molecule has 0 aliphatic heterocycles. The molecule has 3 rings (SSSR count). The van der Waals surface area contributed by atoms with E-state index in [-0.39, 0.29) is 0 Å². The van der Waals surface area contributed by atoms with Crippen molar-refractivity contribution in [2.75, 3.05) is 12.4 Å². The summed E-state index contributed by atoms with van der Waals surface area (Å²) in [6, 6.07) is 12.3. The lowest BCUT2D eigenvalue weighted by atomic mass is 10.1. The summed E-state index contributed by atoms with van der Waals surface area (Å²) in [5.74, 6) is 0.810. The molecular formula is C16H15BrClNO. The van der Waals surface area contributed by atoms with Gasteiger partial charge in [-0.3, -0.25) is 0 Å². The minimum Gasteiger partial charge on any atom is -0.497 e. The zero-order chi connectivity index (χ0) is 14.1. The van der Waals surface area contributed by atoms with Crippen molar-refractivity contribution in [3.63, 3.8) is 0 Å². The summed E-state index contributed by atoms with van der Waals surface area (Å²) in [4.78, 5) is 0. The van der Waals surface area contributed by atoms with Crippen molar-refractivity contribution in [1.82, 2.24) is 0 Å². The second-order valence-corrected chi connectivity index (χ2v) is 6.15. The fourth-order valence-corrected chi connectivity index (χ4v) is 3.44. The van der Waals surface area contributed by atoms with Crippen LogP contribution in [0, 0.1) is 0 Å². The van der Waals surface area contributed by atoms with E-state index < -0.39 is 0 Å². The van der Waals surface area contributed by atoms with Crippen LogP contribution in [0.15, 0.2) is 40.9 Å². The van der Waals surface area contributed by atoms with Gasteiger partial charge in [0, 0.05) is 10.5 Å². The molecule has 0 heterocycles. The molecule has 2 nitrogen and oxygen atoms in total. The summed E-state index contributed by atoms with van der Waals surface area (Å²) in [5.41, 5.74) is 3.66. The molecule has 0 fully saturated rings. The van der Waals surface area contributed by atoms with Gasteiger partial charge in [0.1, 0.15) is 5.75 Å². The molecule has 0 bridgehead atoms. The summed E-state index contributed by atoms with van der Waals surface area (Å²) in [7, 11) is 1.66. The standard InChI is InChI=1S/C16H15BrClNO/c1-20-10-5-7-14(18)16(9-10)19-15-8-6-11-12(15)3-2-4-13(11)17/h2-5,7,9,15,19H,6,8H2,1H3. The van der Waals surface area contributed by atoms with E-state index >= 15 is 0 Å². The van der Waals surface area contributed by atoms with Gasteiger partial charge >= 0.3 is 0 Å². The van der Waals surface area contributed by atoms with Crippen LogP contribution in [0.2, 0.25) is 5.02 Å². The predicted molar refractivity (Wildman–Crippen MR) is 86.8 cm³/mol. The third-order valence-electron chi connectivity index (χ3n) is 3.72. The molecule has 1 atom stereocenters. The van der Waals surface area contributed by atoms with Gasteiger partial charge in [-0.1, -0.05) is 39.7 Å². The molecule has 2 aromatic carbocycles. The summed E-state index contributed by atoms with van der Waals surface area (Å²) in [5, 5.41) is 4.25. The molecule has 0 radical (unpaired) electrons. The number of anilines is 1. The van der Waals surface area contributed by atoms with Crippen LogP contribution in [0.25, 0.3) is 0 Å². The lowest BCUT2D eigenvalue weighted by Crippen LogP contribution is -2.07. The number of halogens is 2. The fourth-order valence-electron chi connectivity index (χ4n) is 2.69. The van der Waals surface area contributed by atoms with Gasteiger partial charge in [-0.05, 0) is 42.2 Å². The molecule has 104 valence electrons. The first-order valence-electron chi connectivity index (χ1n) is 6.56. The Morgan fingerprint density at radius 3 is 2.95 bits per heavy atom. The Labute approximate surface area is 132 Å². The second kappa shape index (κ2) is 5.66. The first-order valence-corrected chi connectivity index (χ1v) is 7.73. The van der Waals surface area contributed by atoms with Crippen molar-refractivity contribution < 1.29 is 4.74 Å². The van der Waals surface area contributed by atoms with Gasteiger partial charge in [-0.2, -0.15) is 0 Å². The van der Waals surface area contributed by atoms with E-state index in [9.17, 15) is 0 Å². The average molecular weight is 353 g/mol. The maximum absolute atomic E-state index is 6.26. The lowest BCUT2D eigenvalue weighted by Gasteiger charge is -2.17. The molecule has 4 heteroatoms. The average Bonchev–Trinajstić information content (AvgIpc) is 2.86. The molecule has 0 aromatic heterocycles. The van der Waals surface area contributed by atoms with Crippen LogP contribution in [0.5, 0.6) is 5.75 Å². The third kappa shape index (κ3) is 2.52. The van der Waals surface area contributed by atoms with E-state index in [1.165, 1.54) is 15.6 Å². The first-order chi connectivity index (χ1) is 9.69. The number of benzene rings is 2. The van der Waals surface area contributed by atoms with E-state index in [0.717, 1.165) is 24.3 Å². The van der Waals surface area contributed by atoms with E-state index in [1.807, 2.05) is 18.2 Å². The number of rotatable bonds is 3. The van der Waals surface area contributed by atoms with Crippen LogP contribution < -0.4 is 10.1 Å². The summed E-state index contributed by atoms with van der Waals surface area (Å²) in [6.45, 7) is 0. The highest BCUT2D eigenvalue weighted by Crippen LogP contribution is 2.39. The Kier molecular flexibility index (Phi) is 3.90. The molecule has 1 unspecified atom stereocenters. The molecule has 0 spiro atoms. The minimum atomic E-state index is 0.298. The van der Waals surface area contributed by atoms with Gasteiger partial charge in [0.05, 0.1) is 23.9 Å². The number of hydrogen-bond donors (Lipinski definition) is 1. The molecule has 1 N–H and O–H groups in total. The Bertz CT molecular complexity index is 644. The number of hydrogen-bond acceptors (Lipinski definition) is 2. The molecule has 0 amide bonds. The monoisotopic (exact) mass is 351 g/mol. The molecule has 2 aromatic rings. The molecule has 0 saturated carbocycles. The van der Waals surface area contributed by atoms with Crippen molar-refractivity contribution in [2.45, 2.75) is 18.9 Å². The highest BCUT2D eigenvalue weighted by Gasteiger charge is 2.24. The van der Waals surface area contributed by atoms with Crippen LogP contribution in [-0.2, 0) is 6.42 Å². The Hall–Kier alpha value is -1.19. The normalized spacial score (nSPS) is 16.9. The van der Waals surface area contributed by atoms with Gasteiger partial charge in [0.25, 0.3) is 0 Å². The van der Waals surface area contributed by atoms with Crippen LogP contribution in [0.3, 0.4) is 0 Å². The molecule has 20 heavy (non-hydrogen) atoms. The van der Waals surface area contributed by atoms with Gasteiger partial charge in [0.15, 0.2) is 0 Å². The van der Waals surface area contributed by atoms with Crippen LogP contribution in [0.4, 0.5) is 5.69 Å². The Morgan fingerprint density at radius 2 is 2.15 bits per heavy atom.